The molecule has 0 bridgehead atoms. The van der Waals surface area contributed by atoms with Crippen molar-refractivity contribution in [2.75, 3.05) is 18.6 Å². The number of halogens is 2. The second-order valence-corrected chi connectivity index (χ2v) is 9.75. The number of amides is 1. The molecule has 2 saturated heterocycles. The van der Waals surface area contributed by atoms with Crippen LogP contribution in [0, 0.1) is 0 Å². The van der Waals surface area contributed by atoms with Crippen LogP contribution < -0.4 is 9.64 Å². The molecule has 0 spiro atoms. The zero-order valence-electron chi connectivity index (χ0n) is 16.9. The van der Waals surface area contributed by atoms with Crippen molar-refractivity contribution in [3.63, 3.8) is 0 Å². The van der Waals surface area contributed by atoms with Crippen LogP contribution in [0.15, 0.2) is 24.3 Å². The number of alkyl halides is 2. The second-order valence-electron chi connectivity index (χ2n) is 7.99. The number of hydrogen-bond acceptors (Lipinski definition) is 4. The zero-order valence-corrected chi connectivity index (χ0v) is 19.1. The number of rotatable bonds is 8. The molecule has 28 heavy (non-hydrogen) atoms. The van der Waals surface area contributed by atoms with Gasteiger partial charge in [-0.1, -0.05) is 42.4 Å². The predicted molar refractivity (Wildman–Crippen MR) is 115 cm³/mol. The topological polar surface area (TPSA) is 48.0 Å². The lowest BCUT2D eigenvalue weighted by Gasteiger charge is -2.53. The van der Waals surface area contributed by atoms with Crippen LogP contribution in [0.3, 0.4) is 0 Å². The van der Waals surface area contributed by atoms with Crippen molar-refractivity contribution in [2.24, 2.45) is 0 Å². The van der Waals surface area contributed by atoms with E-state index in [1.165, 1.54) is 4.90 Å². The third-order valence-electron chi connectivity index (χ3n) is 5.44. The summed E-state index contributed by atoms with van der Waals surface area (Å²) in [5.74, 6) is -0.579. The minimum atomic E-state index is -1.94. The molecule has 1 amide bonds. The molecule has 4 atom stereocenters. The summed E-state index contributed by atoms with van der Waals surface area (Å²) >= 11 is 2.27. The molecular weight excluding hydrogens is 476 g/mol. The molecule has 1 aromatic rings. The van der Waals surface area contributed by atoms with Crippen LogP contribution >= 0.6 is 22.6 Å². The molecule has 0 radical (unpaired) electrons. The number of carbonyl (C=O) groups excluding carboxylic acids is 1. The SMILES string of the molecule is CCCCC(I)C[C@]1(F)C(=O)N(c2ccc(OC)cc2)[C@H]1C1COC(C)(C)O1. The van der Waals surface area contributed by atoms with Crippen LogP contribution in [0.5, 0.6) is 5.75 Å². The summed E-state index contributed by atoms with van der Waals surface area (Å²) in [5.41, 5.74) is -1.29. The van der Waals surface area contributed by atoms with Crippen molar-refractivity contribution < 1.29 is 23.4 Å². The van der Waals surface area contributed by atoms with Gasteiger partial charge in [-0.15, -0.1) is 0 Å². The van der Waals surface area contributed by atoms with Crippen LogP contribution in [-0.2, 0) is 14.3 Å². The van der Waals surface area contributed by atoms with Crippen molar-refractivity contribution in [2.45, 2.75) is 74.0 Å². The Hall–Kier alpha value is -0.930. The normalized spacial score (nSPS) is 30.2. The molecule has 5 nitrogen and oxygen atoms in total. The first kappa shape index (κ1) is 21.8. The minimum absolute atomic E-state index is 0.0994. The summed E-state index contributed by atoms with van der Waals surface area (Å²) in [6.45, 7) is 6.01. The van der Waals surface area contributed by atoms with Gasteiger partial charge < -0.3 is 14.2 Å². The van der Waals surface area contributed by atoms with Gasteiger partial charge in [-0.05, 0) is 44.5 Å². The average Bonchev–Trinajstić information content (AvgIpc) is 3.02. The smallest absolute Gasteiger partial charge is 0.267 e. The van der Waals surface area contributed by atoms with Crippen molar-refractivity contribution in [1.82, 2.24) is 0 Å². The van der Waals surface area contributed by atoms with E-state index < -0.39 is 29.5 Å². The Morgan fingerprint density at radius 3 is 2.57 bits per heavy atom. The van der Waals surface area contributed by atoms with E-state index in [0.29, 0.717) is 11.4 Å². The summed E-state index contributed by atoms with van der Waals surface area (Å²) < 4.78 is 33.0. The number of ether oxygens (including phenoxy) is 3. The third-order valence-corrected chi connectivity index (χ3v) is 6.51. The highest BCUT2D eigenvalue weighted by Gasteiger charge is 2.67. The summed E-state index contributed by atoms with van der Waals surface area (Å²) in [6, 6.07) is 6.41. The molecule has 7 heteroatoms. The highest BCUT2D eigenvalue weighted by molar-refractivity contribution is 14.1. The minimum Gasteiger partial charge on any atom is -0.497 e. The third kappa shape index (κ3) is 4.16. The first-order chi connectivity index (χ1) is 13.2. The molecule has 0 aromatic heterocycles. The van der Waals surface area contributed by atoms with Gasteiger partial charge in [0.05, 0.1) is 13.7 Å². The number of hydrogen-bond donors (Lipinski definition) is 0. The fourth-order valence-corrected chi connectivity index (χ4v) is 5.08. The van der Waals surface area contributed by atoms with Crippen LogP contribution in [0.2, 0.25) is 0 Å². The number of carbonyl (C=O) groups is 1. The average molecular weight is 505 g/mol. The highest BCUT2D eigenvalue weighted by atomic mass is 127. The fraction of sp³-hybridized carbons (Fsp3) is 0.667. The molecule has 2 fully saturated rings. The zero-order chi connectivity index (χ0) is 20.5. The monoisotopic (exact) mass is 505 g/mol. The molecule has 3 rings (SSSR count). The van der Waals surface area contributed by atoms with E-state index in [1.54, 1.807) is 31.4 Å². The van der Waals surface area contributed by atoms with Crippen molar-refractivity contribution in [3.8, 4) is 5.75 Å². The lowest BCUT2D eigenvalue weighted by molar-refractivity contribution is -0.164. The molecule has 0 saturated carbocycles. The van der Waals surface area contributed by atoms with Crippen LogP contribution in [0.1, 0.15) is 46.5 Å². The van der Waals surface area contributed by atoms with E-state index in [1.807, 2.05) is 13.8 Å². The predicted octanol–water partition coefficient (Wildman–Crippen LogP) is 4.65. The fourth-order valence-electron chi connectivity index (χ4n) is 4.00. The van der Waals surface area contributed by atoms with Gasteiger partial charge >= 0.3 is 0 Å². The Labute approximate surface area is 180 Å². The maximum atomic E-state index is 16.1. The number of anilines is 1. The first-order valence-corrected chi connectivity index (χ1v) is 11.1. The van der Waals surface area contributed by atoms with Gasteiger partial charge in [-0.25, -0.2) is 4.39 Å². The van der Waals surface area contributed by atoms with Gasteiger partial charge in [0.15, 0.2) is 5.79 Å². The van der Waals surface area contributed by atoms with Crippen molar-refractivity contribution in [3.05, 3.63) is 24.3 Å². The van der Waals surface area contributed by atoms with Gasteiger partial charge in [0, 0.05) is 16.0 Å². The largest absolute Gasteiger partial charge is 0.497 e. The molecule has 2 heterocycles. The maximum Gasteiger partial charge on any atom is 0.267 e. The molecule has 1 aromatic carbocycles. The van der Waals surface area contributed by atoms with Gasteiger partial charge in [0.1, 0.15) is 17.9 Å². The Kier molecular flexibility index (Phi) is 6.56. The van der Waals surface area contributed by atoms with E-state index in [9.17, 15) is 4.79 Å². The quantitative estimate of drug-likeness (QED) is 0.293. The summed E-state index contributed by atoms with van der Waals surface area (Å²) in [4.78, 5) is 14.5. The van der Waals surface area contributed by atoms with Crippen LogP contribution in [-0.4, -0.2) is 47.2 Å². The van der Waals surface area contributed by atoms with Crippen LogP contribution in [0.25, 0.3) is 0 Å². The Morgan fingerprint density at radius 2 is 2.04 bits per heavy atom. The number of unbranched alkanes of at least 4 members (excludes halogenated alkanes) is 1. The standard InChI is InChI=1S/C21H29FINO4/c1-5-6-7-14(23)12-21(22)18(17-13-27-20(2,3)28-17)24(19(21)25)15-8-10-16(26-4)11-9-15/h8-11,14,17-18H,5-7,12-13H2,1-4H3/t14?,17?,18-,21+/m0/s1. The number of β-lactam (4-membered cyclic amide) rings is 1. The molecule has 0 N–H and O–H groups in total. The van der Waals surface area contributed by atoms with Gasteiger partial charge in [0.2, 0.25) is 5.67 Å². The molecule has 2 aliphatic rings. The van der Waals surface area contributed by atoms with E-state index in [-0.39, 0.29) is 17.0 Å². The van der Waals surface area contributed by atoms with Crippen molar-refractivity contribution >= 4 is 34.2 Å². The van der Waals surface area contributed by atoms with Crippen LogP contribution in [0.4, 0.5) is 10.1 Å². The Balaban J connectivity index is 1.86. The van der Waals surface area contributed by atoms with E-state index in [2.05, 4.69) is 29.5 Å². The van der Waals surface area contributed by atoms with Gasteiger partial charge in [0.25, 0.3) is 5.91 Å². The first-order valence-electron chi connectivity index (χ1n) is 9.84. The number of methoxy groups -OCH3 is 1. The molecule has 2 unspecified atom stereocenters. The maximum absolute atomic E-state index is 16.1. The lowest BCUT2D eigenvalue weighted by Crippen LogP contribution is -2.76. The Morgan fingerprint density at radius 1 is 1.36 bits per heavy atom. The summed E-state index contributed by atoms with van der Waals surface area (Å²) in [7, 11) is 1.59. The second kappa shape index (κ2) is 8.44. The van der Waals surface area contributed by atoms with Gasteiger partial charge in [-0.3, -0.25) is 9.69 Å². The summed E-state index contributed by atoms with van der Waals surface area (Å²) in [6.07, 6.45) is 2.68. The van der Waals surface area contributed by atoms with E-state index in [0.717, 1.165) is 19.3 Å². The van der Waals surface area contributed by atoms with Gasteiger partial charge in [-0.2, -0.15) is 0 Å². The molecule has 2 aliphatic heterocycles. The molecule has 0 aliphatic carbocycles. The lowest BCUT2D eigenvalue weighted by atomic mass is 9.76. The van der Waals surface area contributed by atoms with E-state index >= 15 is 4.39 Å². The van der Waals surface area contributed by atoms with Crippen molar-refractivity contribution in [1.29, 1.82) is 0 Å². The highest BCUT2D eigenvalue weighted by Crippen LogP contribution is 2.47. The Bertz CT molecular complexity index is 698. The van der Waals surface area contributed by atoms with E-state index in [4.69, 9.17) is 14.2 Å². The summed E-state index contributed by atoms with van der Waals surface area (Å²) in [5, 5.41) is 0. The number of nitrogens with zero attached hydrogens (tertiary/aromatic N) is 1. The molecule has 156 valence electrons. The number of benzene rings is 1. The molecular formula is C21H29FINO4.